The van der Waals surface area contributed by atoms with Crippen LogP contribution in [-0.2, 0) is 19.7 Å². The molecule has 1 aromatic heterocycles. The molecule has 7 nitrogen and oxygen atoms in total. The minimum absolute atomic E-state index is 0.0712. The fraction of sp³-hybridized carbons (Fsp3) is 0.318. The number of rotatable bonds is 7. The van der Waals surface area contributed by atoms with Crippen LogP contribution < -0.4 is 10.5 Å². The van der Waals surface area contributed by atoms with Gasteiger partial charge in [0.2, 0.25) is 5.89 Å². The Bertz CT molecular complexity index is 1190. The summed E-state index contributed by atoms with van der Waals surface area (Å²) in [6.07, 6.45) is -1.36. The molecule has 3 aromatic rings. The SMILES string of the molecule is Cc1ccc(S(=O)(=O)OC(N)/C(=C/F)COc2ccc3nc(C(C)(C)C)oc3c2)cc1. The molecule has 166 valence electrons. The van der Waals surface area contributed by atoms with Crippen LogP contribution in [-0.4, -0.2) is 26.2 Å². The number of aromatic nitrogens is 1. The highest BCUT2D eigenvalue weighted by Crippen LogP contribution is 2.28. The fourth-order valence-corrected chi connectivity index (χ4v) is 3.59. The normalized spacial score (nSPS) is 14.1. The molecular weight excluding hydrogens is 423 g/mol. The lowest BCUT2D eigenvalue weighted by molar-refractivity contribution is 0.224. The van der Waals surface area contributed by atoms with Crippen molar-refractivity contribution in [3.8, 4) is 5.75 Å². The largest absolute Gasteiger partial charge is 0.489 e. The van der Waals surface area contributed by atoms with Gasteiger partial charge in [-0.05, 0) is 31.2 Å². The van der Waals surface area contributed by atoms with Crippen molar-refractivity contribution in [2.45, 2.75) is 44.2 Å². The molecule has 0 fully saturated rings. The number of benzene rings is 2. The Hall–Kier alpha value is -2.75. The second-order valence-electron chi connectivity index (χ2n) is 8.16. The zero-order valence-corrected chi connectivity index (χ0v) is 18.6. The first kappa shape index (κ1) is 22.9. The summed E-state index contributed by atoms with van der Waals surface area (Å²) < 4.78 is 54.4. The summed E-state index contributed by atoms with van der Waals surface area (Å²) in [4.78, 5) is 4.37. The van der Waals surface area contributed by atoms with Gasteiger partial charge in [-0.1, -0.05) is 38.5 Å². The van der Waals surface area contributed by atoms with Crippen molar-refractivity contribution >= 4 is 21.2 Å². The predicted octanol–water partition coefficient (Wildman–Crippen LogP) is 4.36. The number of oxazole rings is 1. The van der Waals surface area contributed by atoms with Gasteiger partial charge in [-0.25, -0.2) is 13.6 Å². The first-order valence-corrected chi connectivity index (χ1v) is 11.0. The average molecular weight is 449 g/mol. The van der Waals surface area contributed by atoms with E-state index in [0.29, 0.717) is 22.7 Å². The quantitative estimate of drug-likeness (QED) is 0.423. The lowest BCUT2D eigenvalue weighted by Gasteiger charge is -2.16. The number of hydrogen-bond donors (Lipinski definition) is 1. The summed E-state index contributed by atoms with van der Waals surface area (Å²) in [6, 6.07) is 11.0. The number of nitrogens with two attached hydrogens (primary N) is 1. The summed E-state index contributed by atoms with van der Waals surface area (Å²) in [5.74, 6) is 0.970. The molecule has 0 aliphatic carbocycles. The van der Waals surface area contributed by atoms with Crippen molar-refractivity contribution in [1.82, 2.24) is 4.98 Å². The van der Waals surface area contributed by atoms with Gasteiger partial charge >= 0.3 is 0 Å². The number of fused-ring (bicyclic) bond motifs is 1. The molecular formula is C22H25FN2O5S. The van der Waals surface area contributed by atoms with Crippen molar-refractivity contribution in [2.24, 2.45) is 5.73 Å². The number of ether oxygens (including phenoxy) is 1. The van der Waals surface area contributed by atoms with Crippen LogP contribution in [0.4, 0.5) is 4.39 Å². The van der Waals surface area contributed by atoms with E-state index in [-0.39, 0.29) is 28.8 Å². The summed E-state index contributed by atoms with van der Waals surface area (Å²) in [5.41, 5.74) is 7.42. The Labute approximate surface area is 180 Å². The highest BCUT2D eigenvalue weighted by Gasteiger charge is 2.23. The van der Waals surface area contributed by atoms with E-state index in [1.165, 1.54) is 12.1 Å². The van der Waals surface area contributed by atoms with E-state index in [9.17, 15) is 12.8 Å². The van der Waals surface area contributed by atoms with Crippen LogP contribution in [0.5, 0.6) is 5.75 Å². The lowest BCUT2D eigenvalue weighted by atomic mass is 9.97. The van der Waals surface area contributed by atoms with Crippen LogP contribution in [0, 0.1) is 6.92 Å². The smallest absolute Gasteiger partial charge is 0.298 e. The van der Waals surface area contributed by atoms with Gasteiger partial charge in [-0.3, -0.25) is 0 Å². The first-order valence-electron chi connectivity index (χ1n) is 9.58. The molecule has 0 bridgehead atoms. The maximum Gasteiger partial charge on any atom is 0.298 e. The zero-order valence-electron chi connectivity index (χ0n) is 17.8. The molecule has 1 atom stereocenters. The molecule has 0 aliphatic heterocycles. The molecule has 2 N–H and O–H groups in total. The van der Waals surface area contributed by atoms with Crippen molar-refractivity contribution in [1.29, 1.82) is 0 Å². The van der Waals surface area contributed by atoms with Crippen molar-refractivity contribution in [2.75, 3.05) is 6.61 Å². The third-order valence-electron chi connectivity index (χ3n) is 4.45. The third kappa shape index (κ3) is 5.49. The van der Waals surface area contributed by atoms with E-state index in [4.69, 9.17) is 19.1 Å². The molecule has 0 spiro atoms. The molecule has 2 aromatic carbocycles. The van der Waals surface area contributed by atoms with Gasteiger partial charge in [0.05, 0.1) is 11.2 Å². The Morgan fingerprint density at radius 3 is 2.52 bits per heavy atom. The van der Waals surface area contributed by atoms with Gasteiger partial charge in [-0.15, -0.1) is 0 Å². The third-order valence-corrected chi connectivity index (χ3v) is 5.76. The van der Waals surface area contributed by atoms with E-state index < -0.39 is 16.3 Å². The molecule has 1 heterocycles. The average Bonchev–Trinajstić information content (AvgIpc) is 3.12. The fourth-order valence-electron chi connectivity index (χ4n) is 2.62. The molecule has 31 heavy (non-hydrogen) atoms. The summed E-state index contributed by atoms with van der Waals surface area (Å²) in [6.45, 7) is 7.47. The Kier molecular flexibility index (Phi) is 6.49. The van der Waals surface area contributed by atoms with Gasteiger partial charge in [0, 0.05) is 17.1 Å². The molecule has 0 saturated carbocycles. The van der Waals surface area contributed by atoms with Crippen molar-refractivity contribution < 1.29 is 26.1 Å². The minimum atomic E-state index is -4.17. The van der Waals surface area contributed by atoms with Crippen LogP contribution in [0.3, 0.4) is 0 Å². The van der Waals surface area contributed by atoms with Crippen molar-refractivity contribution in [3.05, 3.63) is 65.8 Å². The number of halogens is 1. The van der Waals surface area contributed by atoms with Gasteiger partial charge in [0.1, 0.15) is 17.9 Å². The highest BCUT2D eigenvalue weighted by atomic mass is 32.2. The van der Waals surface area contributed by atoms with Crippen LogP contribution >= 0.6 is 0 Å². The predicted molar refractivity (Wildman–Crippen MR) is 115 cm³/mol. The minimum Gasteiger partial charge on any atom is -0.489 e. The van der Waals surface area contributed by atoms with Gasteiger partial charge in [-0.2, -0.15) is 8.42 Å². The number of aryl methyl sites for hydroxylation is 1. The summed E-state index contributed by atoms with van der Waals surface area (Å²) in [7, 11) is -4.17. The Morgan fingerprint density at radius 1 is 1.23 bits per heavy atom. The zero-order chi connectivity index (χ0) is 22.8. The van der Waals surface area contributed by atoms with Crippen LogP contribution in [0.15, 0.2) is 63.7 Å². The van der Waals surface area contributed by atoms with E-state index in [2.05, 4.69) is 4.98 Å². The highest BCUT2D eigenvalue weighted by molar-refractivity contribution is 7.86. The Morgan fingerprint density at radius 2 is 1.90 bits per heavy atom. The van der Waals surface area contributed by atoms with E-state index in [1.807, 2.05) is 27.7 Å². The second-order valence-corrected chi connectivity index (χ2v) is 9.73. The molecule has 0 amide bonds. The van der Waals surface area contributed by atoms with Gasteiger partial charge in [0.15, 0.2) is 11.8 Å². The maximum absolute atomic E-state index is 13.4. The van der Waals surface area contributed by atoms with Gasteiger partial charge < -0.3 is 14.9 Å². The van der Waals surface area contributed by atoms with E-state index in [1.54, 1.807) is 30.3 Å². The molecule has 0 aliphatic rings. The molecule has 9 heteroatoms. The monoisotopic (exact) mass is 448 g/mol. The molecule has 3 rings (SSSR count). The number of hydrogen-bond acceptors (Lipinski definition) is 7. The standard InChI is InChI=1S/C22H25FN2O5S/c1-14-5-8-17(9-6-14)31(26,27)30-20(24)15(12-23)13-28-16-7-10-18-19(11-16)29-21(25-18)22(2,3)4/h5-12,20H,13,24H2,1-4H3/b15-12+. The van der Waals surface area contributed by atoms with Crippen molar-refractivity contribution in [3.63, 3.8) is 0 Å². The van der Waals surface area contributed by atoms with Crippen LogP contribution in [0.1, 0.15) is 32.2 Å². The lowest BCUT2D eigenvalue weighted by Crippen LogP contribution is -2.31. The first-order chi connectivity index (χ1) is 14.5. The molecule has 0 radical (unpaired) electrons. The van der Waals surface area contributed by atoms with E-state index >= 15 is 0 Å². The number of nitrogens with zero attached hydrogens (tertiary/aromatic N) is 1. The van der Waals surface area contributed by atoms with E-state index in [0.717, 1.165) is 5.56 Å². The Balaban J connectivity index is 1.69. The summed E-state index contributed by atoms with van der Waals surface area (Å²) >= 11 is 0. The van der Waals surface area contributed by atoms with Gasteiger partial charge in [0.25, 0.3) is 10.1 Å². The second kappa shape index (κ2) is 8.78. The topological polar surface area (TPSA) is 105 Å². The molecule has 0 saturated heterocycles. The van der Waals surface area contributed by atoms with Crippen LogP contribution in [0.2, 0.25) is 0 Å². The van der Waals surface area contributed by atoms with Crippen LogP contribution in [0.25, 0.3) is 11.1 Å². The maximum atomic E-state index is 13.4. The summed E-state index contributed by atoms with van der Waals surface area (Å²) in [5, 5.41) is 0. The molecule has 1 unspecified atom stereocenters.